The zero-order valence-electron chi connectivity index (χ0n) is 12.9. The molecule has 0 aliphatic rings. The molecule has 0 saturated carbocycles. The third-order valence-corrected chi connectivity index (χ3v) is 3.83. The van der Waals surface area contributed by atoms with Gasteiger partial charge in [-0.15, -0.1) is 0 Å². The van der Waals surface area contributed by atoms with Crippen LogP contribution in [0.2, 0.25) is 0 Å². The zero-order chi connectivity index (χ0) is 14.5. The van der Waals surface area contributed by atoms with Gasteiger partial charge in [-0.3, -0.25) is 0 Å². The van der Waals surface area contributed by atoms with Gasteiger partial charge in [0.05, 0.1) is 11.4 Å². The fraction of sp³-hybridized carbons (Fsp3) is 0.444. The van der Waals surface area contributed by atoms with Crippen LogP contribution in [0.4, 0.5) is 0 Å². The van der Waals surface area contributed by atoms with E-state index >= 15 is 0 Å². The first-order valence-electron chi connectivity index (χ1n) is 7.49. The molecule has 2 nitrogen and oxygen atoms in total. The number of nitrogens with zero attached hydrogens (tertiary/aromatic N) is 2. The predicted octanol–water partition coefficient (Wildman–Crippen LogP) is 4.64. The van der Waals surface area contributed by atoms with Gasteiger partial charge in [0, 0.05) is 0 Å². The van der Waals surface area contributed by atoms with Gasteiger partial charge in [0.25, 0.3) is 0 Å². The molecule has 1 aromatic heterocycles. The first kappa shape index (κ1) is 14.7. The van der Waals surface area contributed by atoms with Gasteiger partial charge in [0.1, 0.15) is 0 Å². The number of aromatic nitrogens is 2. The van der Waals surface area contributed by atoms with Crippen LogP contribution >= 0.6 is 0 Å². The van der Waals surface area contributed by atoms with Crippen LogP contribution < -0.4 is 0 Å². The molecule has 0 bridgehead atoms. The second kappa shape index (κ2) is 6.65. The quantitative estimate of drug-likeness (QED) is 0.789. The van der Waals surface area contributed by atoms with Crippen LogP contribution in [0.15, 0.2) is 36.4 Å². The molecule has 0 fully saturated rings. The van der Waals surface area contributed by atoms with Crippen molar-refractivity contribution in [3.63, 3.8) is 0 Å². The Hall–Kier alpha value is -1.70. The van der Waals surface area contributed by atoms with E-state index in [1.807, 2.05) is 0 Å². The first-order chi connectivity index (χ1) is 9.60. The molecule has 2 rings (SSSR count). The molecule has 1 heterocycles. The molecule has 0 saturated heterocycles. The number of hydrogen-bond acceptors (Lipinski definition) is 2. The number of hydrogen-bond donors (Lipinski definition) is 0. The Morgan fingerprint density at radius 3 is 2.15 bits per heavy atom. The molecule has 0 aliphatic carbocycles. The number of aryl methyl sites for hydroxylation is 1. The molecular weight excluding hydrogens is 244 g/mol. The van der Waals surface area contributed by atoms with Crippen molar-refractivity contribution < 1.29 is 0 Å². The van der Waals surface area contributed by atoms with Gasteiger partial charge in [0.2, 0.25) is 0 Å². The minimum absolute atomic E-state index is 0.440. The second-order valence-corrected chi connectivity index (χ2v) is 5.82. The van der Waals surface area contributed by atoms with Gasteiger partial charge in [-0.2, -0.15) is 10.2 Å². The molecule has 106 valence electrons. The Morgan fingerprint density at radius 1 is 0.950 bits per heavy atom. The van der Waals surface area contributed by atoms with Crippen molar-refractivity contribution >= 4 is 0 Å². The smallest absolute Gasteiger partial charge is 0.0656 e. The van der Waals surface area contributed by atoms with Crippen molar-refractivity contribution in [3.8, 4) is 0 Å². The highest BCUT2D eigenvalue weighted by Gasteiger charge is 2.12. The molecule has 2 aromatic rings. The highest BCUT2D eigenvalue weighted by molar-refractivity contribution is 5.25. The van der Waals surface area contributed by atoms with Crippen molar-refractivity contribution in [2.45, 2.75) is 52.4 Å². The summed E-state index contributed by atoms with van der Waals surface area (Å²) in [5.74, 6) is 0.963. The normalized spacial score (nSPS) is 12.7. The largest absolute Gasteiger partial charge is 0.155 e. The van der Waals surface area contributed by atoms with Crippen LogP contribution in [0, 0.1) is 6.92 Å². The van der Waals surface area contributed by atoms with Gasteiger partial charge in [-0.25, -0.2) is 0 Å². The van der Waals surface area contributed by atoms with E-state index in [-0.39, 0.29) is 0 Å². The van der Waals surface area contributed by atoms with Crippen LogP contribution in [0.1, 0.15) is 61.5 Å². The van der Waals surface area contributed by atoms with Crippen LogP contribution in [0.3, 0.4) is 0 Å². The topological polar surface area (TPSA) is 25.8 Å². The molecule has 1 aromatic carbocycles. The summed E-state index contributed by atoms with van der Waals surface area (Å²) in [6.45, 7) is 8.65. The van der Waals surface area contributed by atoms with Crippen LogP contribution in [-0.2, 0) is 6.42 Å². The standard InChI is InChI=1S/C18H24N2/c1-5-15(16-8-6-14(4)7-9-16)12-17-10-11-18(13(2)3)20-19-17/h6-11,13,15H,5,12H2,1-4H3/t15-/m1/s1. The summed E-state index contributed by atoms with van der Waals surface area (Å²) >= 11 is 0. The van der Waals surface area contributed by atoms with E-state index in [4.69, 9.17) is 0 Å². The third kappa shape index (κ3) is 3.66. The molecule has 0 amide bonds. The lowest BCUT2D eigenvalue weighted by atomic mass is 9.91. The summed E-state index contributed by atoms with van der Waals surface area (Å²) in [6, 6.07) is 13.1. The summed E-state index contributed by atoms with van der Waals surface area (Å²) in [5, 5.41) is 8.70. The first-order valence-corrected chi connectivity index (χ1v) is 7.49. The van der Waals surface area contributed by atoms with Crippen LogP contribution in [0.25, 0.3) is 0 Å². The van der Waals surface area contributed by atoms with E-state index < -0.39 is 0 Å². The van der Waals surface area contributed by atoms with Crippen molar-refractivity contribution in [3.05, 3.63) is 58.9 Å². The predicted molar refractivity (Wildman–Crippen MR) is 84.0 cm³/mol. The summed E-state index contributed by atoms with van der Waals surface area (Å²) in [7, 11) is 0. The van der Waals surface area contributed by atoms with Gasteiger partial charge >= 0.3 is 0 Å². The third-order valence-electron chi connectivity index (χ3n) is 3.83. The van der Waals surface area contributed by atoms with Crippen molar-refractivity contribution in [2.24, 2.45) is 0 Å². The number of rotatable bonds is 5. The van der Waals surface area contributed by atoms with Crippen LogP contribution in [-0.4, -0.2) is 10.2 Å². The average molecular weight is 268 g/mol. The van der Waals surface area contributed by atoms with Crippen molar-refractivity contribution in [2.75, 3.05) is 0 Å². The Kier molecular flexibility index (Phi) is 4.89. The Bertz CT molecular complexity index is 526. The lowest BCUT2D eigenvalue weighted by molar-refractivity contribution is 0.637. The van der Waals surface area contributed by atoms with Gasteiger partial charge in [0.15, 0.2) is 0 Å². The van der Waals surface area contributed by atoms with Crippen molar-refractivity contribution in [1.29, 1.82) is 0 Å². The molecule has 0 unspecified atom stereocenters. The summed E-state index contributed by atoms with van der Waals surface area (Å²) in [6.07, 6.45) is 2.08. The molecule has 2 heteroatoms. The van der Waals surface area contributed by atoms with E-state index in [1.54, 1.807) is 0 Å². The van der Waals surface area contributed by atoms with Crippen LogP contribution in [0.5, 0.6) is 0 Å². The van der Waals surface area contributed by atoms with Crippen molar-refractivity contribution in [1.82, 2.24) is 10.2 Å². The fourth-order valence-electron chi connectivity index (χ4n) is 2.38. The Labute approximate surface area is 122 Å². The minimum atomic E-state index is 0.440. The van der Waals surface area contributed by atoms with E-state index in [0.717, 1.165) is 24.2 Å². The zero-order valence-corrected chi connectivity index (χ0v) is 12.9. The van der Waals surface area contributed by atoms with E-state index in [9.17, 15) is 0 Å². The second-order valence-electron chi connectivity index (χ2n) is 5.82. The summed E-state index contributed by atoms with van der Waals surface area (Å²) in [4.78, 5) is 0. The van der Waals surface area contributed by atoms with E-state index in [0.29, 0.717) is 11.8 Å². The number of benzene rings is 1. The lowest BCUT2D eigenvalue weighted by Crippen LogP contribution is -2.05. The maximum atomic E-state index is 4.38. The molecule has 0 aliphatic heterocycles. The SMILES string of the molecule is CC[C@H](Cc1ccc(C(C)C)nn1)c1ccc(C)cc1. The maximum absolute atomic E-state index is 4.38. The van der Waals surface area contributed by atoms with Gasteiger partial charge in [-0.05, 0) is 49.3 Å². The minimum Gasteiger partial charge on any atom is -0.155 e. The highest BCUT2D eigenvalue weighted by atomic mass is 15.1. The van der Waals surface area contributed by atoms with E-state index in [1.165, 1.54) is 11.1 Å². The summed E-state index contributed by atoms with van der Waals surface area (Å²) in [5.41, 5.74) is 4.86. The molecule has 0 radical (unpaired) electrons. The fourth-order valence-corrected chi connectivity index (χ4v) is 2.38. The lowest BCUT2D eigenvalue weighted by Gasteiger charge is -2.15. The average Bonchev–Trinajstić information content (AvgIpc) is 2.46. The Balaban J connectivity index is 2.11. The molecule has 0 spiro atoms. The van der Waals surface area contributed by atoms with Gasteiger partial charge < -0.3 is 0 Å². The highest BCUT2D eigenvalue weighted by Crippen LogP contribution is 2.24. The summed E-state index contributed by atoms with van der Waals surface area (Å²) < 4.78 is 0. The Morgan fingerprint density at radius 2 is 1.65 bits per heavy atom. The molecular formula is C18H24N2. The monoisotopic (exact) mass is 268 g/mol. The van der Waals surface area contributed by atoms with Gasteiger partial charge in [-0.1, -0.05) is 50.6 Å². The maximum Gasteiger partial charge on any atom is 0.0656 e. The van der Waals surface area contributed by atoms with E-state index in [2.05, 4.69) is 74.3 Å². The molecule has 0 N–H and O–H groups in total. The molecule has 20 heavy (non-hydrogen) atoms. The molecule has 1 atom stereocenters.